The maximum atomic E-state index is 12.5. The molecule has 0 bridgehead atoms. The fraction of sp³-hybridized carbons (Fsp3) is 0.158. The van der Waals surface area contributed by atoms with Crippen LogP contribution < -0.4 is 10.1 Å². The van der Waals surface area contributed by atoms with Crippen LogP contribution in [0.25, 0.3) is 0 Å². The highest BCUT2D eigenvalue weighted by atomic mass is 35.5. The Labute approximate surface area is 160 Å². The lowest BCUT2D eigenvalue weighted by Crippen LogP contribution is -2.24. The number of hydrogen-bond donors (Lipinski definition) is 1. The summed E-state index contributed by atoms with van der Waals surface area (Å²) in [5.41, 5.74) is 1.52. The normalized spacial score (nSPS) is 15.3. The highest BCUT2D eigenvalue weighted by molar-refractivity contribution is 8.16. The molecule has 1 amide bonds. The minimum atomic E-state index is -0.120. The molecule has 0 aliphatic carbocycles. The van der Waals surface area contributed by atoms with Crippen molar-refractivity contribution in [2.45, 2.75) is 6.42 Å². The molecule has 0 unspecified atom stereocenters. The SMILES string of the molecule is O=C(CC1=CSC2=NCCN12)Nc1cc(Cl)ccc1Oc1ccccc1. The molecule has 132 valence electrons. The van der Waals surface area contributed by atoms with Gasteiger partial charge in [0.05, 0.1) is 18.7 Å². The van der Waals surface area contributed by atoms with Gasteiger partial charge in [0.25, 0.3) is 0 Å². The second kappa shape index (κ2) is 7.43. The van der Waals surface area contributed by atoms with Crippen LogP contribution in [0.4, 0.5) is 5.69 Å². The van der Waals surface area contributed by atoms with Crippen molar-refractivity contribution in [2.24, 2.45) is 4.99 Å². The van der Waals surface area contributed by atoms with Gasteiger partial charge in [-0.1, -0.05) is 41.6 Å². The van der Waals surface area contributed by atoms with Gasteiger partial charge in [-0.05, 0) is 35.7 Å². The van der Waals surface area contributed by atoms with Gasteiger partial charge in [-0.3, -0.25) is 9.79 Å². The van der Waals surface area contributed by atoms with Gasteiger partial charge in [0.2, 0.25) is 5.91 Å². The van der Waals surface area contributed by atoms with Crippen LogP contribution in [0.3, 0.4) is 0 Å². The third kappa shape index (κ3) is 3.71. The molecule has 0 spiro atoms. The number of carbonyl (C=O) groups is 1. The summed E-state index contributed by atoms with van der Waals surface area (Å²) in [4.78, 5) is 19.0. The molecule has 2 aliphatic heterocycles. The van der Waals surface area contributed by atoms with E-state index in [1.807, 2.05) is 35.7 Å². The monoisotopic (exact) mass is 385 g/mol. The number of carbonyl (C=O) groups excluding carboxylic acids is 1. The summed E-state index contributed by atoms with van der Waals surface area (Å²) in [6, 6.07) is 14.6. The van der Waals surface area contributed by atoms with Gasteiger partial charge in [0.1, 0.15) is 5.75 Å². The van der Waals surface area contributed by atoms with Crippen molar-refractivity contribution in [1.82, 2.24) is 4.90 Å². The summed E-state index contributed by atoms with van der Waals surface area (Å²) in [6.07, 6.45) is 0.281. The smallest absolute Gasteiger partial charge is 0.230 e. The highest BCUT2D eigenvalue weighted by Gasteiger charge is 2.27. The van der Waals surface area contributed by atoms with Crippen LogP contribution >= 0.6 is 23.4 Å². The van der Waals surface area contributed by atoms with Crippen LogP contribution in [0.2, 0.25) is 5.02 Å². The number of amides is 1. The molecule has 2 aliphatic rings. The summed E-state index contributed by atoms with van der Waals surface area (Å²) in [6.45, 7) is 1.62. The van der Waals surface area contributed by atoms with Crippen molar-refractivity contribution >= 4 is 40.1 Å². The van der Waals surface area contributed by atoms with Gasteiger partial charge in [-0.25, -0.2) is 0 Å². The molecule has 2 aromatic carbocycles. The summed E-state index contributed by atoms with van der Waals surface area (Å²) in [7, 11) is 0. The number of para-hydroxylation sites is 1. The fourth-order valence-corrected chi connectivity index (χ4v) is 3.90. The van der Waals surface area contributed by atoms with E-state index in [0.717, 1.165) is 24.0 Å². The fourth-order valence-electron chi connectivity index (χ4n) is 2.78. The first-order chi connectivity index (χ1) is 12.7. The van der Waals surface area contributed by atoms with E-state index in [9.17, 15) is 4.79 Å². The van der Waals surface area contributed by atoms with E-state index in [1.165, 1.54) is 0 Å². The van der Waals surface area contributed by atoms with Crippen LogP contribution in [0.1, 0.15) is 6.42 Å². The number of nitrogens with zero attached hydrogens (tertiary/aromatic N) is 2. The van der Waals surface area contributed by atoms with Crippen LogP contribution in [-0.4, -0.2) is 29.1 Å². The zero-order chi connectivity index (χ0) is 17.9. The molecule has 0 saturated carbocycles. The van der Waals surface area contributed by atoms with E-state index >= 15 is 0 Å². The first-order valence-electron chi connectivity index (χ1n) is 8.19. The lowest BCUT2D eigenvalue weighted by Gasteiger charge is -2.17. The zero-order valence-electron chi connectivity index (χ0n) is 13.8. The molecule has 2 aromatic rings. The second-order valence-electron chi connectivity index (χ2n) is 5.82. The molecule has 7 heteroatoms. The predicted molar refractivity (Wildman–Crippen MR) is 106 cm³/mol. The minimum Gasteiger partial charge on any atom is -0.455 e. The number of rotatable bonds is 5. The Morgan fingerprint density at radius 1 is 1.27 bits per heavy atom. The Bertz CT molecular complexity index is 899. The minimum absolute atomic E-state index is 0.120. The van der Waals surface area contributed by atoms with E-state index in [0.29, 0.717) is 22.2 Å². The van der Waals surface area contributed by atoms with Crippen LogP contribution in [0.5, 0.6) is 11.5 Å². The lowest BCUT2D eigenvalue weighted by molar-refractivity contribution is -0.115. The molecule has 0 fully saturated rings. The van der Waals surface area contributed by atoms with Crippen LogP contribution in [0.15, 0.2) is 64.6 Å². The number of amidine groups is 1. The summed E-state index contributed by atoms with van der Waals surface area (Å²) >= 11 is 7.67. The number of anilines is 1. The number of benzene rings is 2. The number of fused-ring (bicyclic) bond motifs is 1. The number of nitrogens with one attached hydrogen (secondary N) is 1. The molecule has 0 atom stereocenters. The van der Waals surface area contributed by atoms with Crippen LogP contribution in [0, 0.1) is 0 Å². The third-order valence-corrected chi connectivity index (χ3v) is 5.16. The number of aliphatic imine (C=N–C) groups is 1. The van der Waals surface area contributed by atoms with Crippen molar-refractivity contribution < 1.29 is 9.53 Å². The number of hydrogen-bond acceptors (Lipinski definition) is 5. The van der Waals surface area contributed by atoms with Gasteiger partial charge in [-0.15, -0.1) is 0 Å². The molecule has 4 rings (SSSR count). The van der Waals surface area contributed by atoms with Gasteiger partial charge in [-0.2, -0.15) is 0 Å². The number of ether oxygens (including phenoxy) is 1. The highest BCUT2D eigenvalue weighted by Crippen LogP contribution is 2.34. The second-order valence-corrected chi connectivity index (χ2v) is 7.10. The zero-order valence-corrected chi connectivity index (χ0v) is 15.4. The molecule has 2 heterocycles. The standard InChI is InChI=1S/C19H16ClN3O2S/c20-13-6-7-17(25-15-4-2-1-3-5-15)16(10-13)22-18(24)11-14-12-26-19-21-8-9-23(14)19/h1-7,10,12H,8-9,11H2,(H,22,24). The molecule has 26 heavy (non-hydrogen) atoms. The first-order valence-corrected chi connectivity index (χ1v) is 9.45. The largest absolute Gasteiger partial charge is 0.455 e. The van der Waals surface area contributed by atoms with Gasteiger partial charge in [0.15, 0.2) is 10.9 Å². The Morgan fingerprint density at radius 2 is 2.12 bits per heavy atom. The molecule has 1 N–H and O–H groups in total. The van der Waals surface area contributed by atoms with Crippen molar-refractivity contribution in [1.29, 1.82) is 0 Å². The third-order valence-electron chi connectivity index (χ3n) is 3.98. The van der Waals surface area contributed by atoms with E-state index in [-0.39, 0.29) is 12.3 Å². The molecule has 0 saturated heterocycles. The van der Waals surface area contributed by atoms with Crippen LogP contribution in [-0.2, 0) is 4.79 Å². The average molecular weight is 386 g/mol. The molecular weight excluding hydrogens is 370 g/mol. The van der Waals surface area contributed by atoms with E-state index < -0.39 is 0 Å². The predicted octanol–water partition coefficient (Wildman–Crippen LogP) is 4.72. The quantitative estimate of drug-likeness (QED) is 0.809. The van der Waals surface area contributed by atoms with Gasteiger partial charge < -0.3 is 15.0 Å². The van der Waals surface area contributed by atoms with Crippen molar-refractivity contribution in [3.8, 4) is 11.5 Å². The molecule has 5 nitrogen and oxygen atoms in total. The average Bonchev–Trinajstić information content (AvgIpc) is 3.23. The van der Waals surface area contributed by atoms with Crippen molar-refractivity contribution in [3.05, 3.63) is 64.7 Å². The van der Waals surface area contributed by atoms with E-state index in [2.05, 4.69) is 15.2 Å². The number of thioether (sulfide) groups is 1. The molecule has 0 aromatic heterocycles. The van der Waals surface area contributed by atoms with Gasteiger partial charge >= 0.3 is 0 Å². The molecule has 0 radical (unpaired) electrons. The van der Waals surface area contributed by atoms with Gasteiger partial charge in [0, 0.05) is 17.3 Å². The van der Waals surface area contributed by atoms with E-state index in [1.54, 1.807) is 30.0 Å². The van der Waals surface area contributed by atoms with Crippen molar-refractivity contribution in [2.75, 3.05) is 18.4 Å². The van der Waals surface area contributed by atoms with Crippen molar-refractivity contribution in [3.63, 3.8) is 0 Å². The Morgan fingerprint density at radius 3 is 2.96 bits per heavy atom. The maximum absolute atomic E-state index is 12.5. The summed E-state index contributed by atoms with van der Waals surface area (Å²) < 4.78 is 5.88. The van der Waals surface area contributed by atoms with E-state index in [4.69, 9.17) is 16.3 Å². The molecular formula is C19H16ClN3O2S. The summed E-state index contributed by atoms with van der Waals surface area (Å²) in [5.74, 6) is 1.12. The summed E-state index contributed by atoms with van der Waals surface area (Å²) in [5, 5.41) is 6.40. The Kier molecular flexibility index (Phi) is 4.86. The maximum Gasteiger partial charge on any atom is 0.230 e. The Hall–Kier alpha value is -2.44. The lowest BCUT2D eigenvalue weighted by atomic mass is 10.2. The topological polar surface area (TPSA) is 53.9 Å². The Balaban J connectivity index is 1.47. The number of halogens is 1. The first kappa shape index (κ1) is 17.0.